The second kappa shape index (κ2) is 10.1. The van der Waals surface area contributed by atoms with Gasteiger partial charge in [-0.2, -0.15) is 0 Å². The van der Waals surface area contributed by atoms with E-state index in [9.17, 15) is 14.0 Å². The summed E-state index contributed by atoms with van der Waals surface area (Å²) >= 11 is 0. The second-order valence-electron chi connectivity index (χ2n) is 10.7. The van der Waals surface area contributed by atoms with Gasteiger partial charge >= 0.3 is 5.97 Å². The van der Waals surface area contributed by atoms with Crippen LogP contribution in [0.15, 0.2) is 29.8 Å². The molecule has 1 aromatic heterocycles. The van der Waals surface area contributed by atoms with Crippen LogP contribution in [0, 0.1) is 34.9 Å². The van der Waals surface area contributed by atoms with Crippen molar-refractivity contribution in [3.63, 3.8) is 0 Å². The second-order valence-corrected chi connectivity index (χ2v) is 10.7. The summed E-state index contributed by atoms with van der Waals surface area (Å²) in [4.78, 5) is 31.4. The zero-order valence-electron chi connectivity index (χ0n) is 20.2. The van der Waals surface area contributed by atoms with Crippen molar-refractivity contribution in [2.45, 2.75) is 60.3 Å². The highest BCUT2D eigenvalue weighted by atomic mass is 19.1. The van der Waals surface area contributed by atoms with Crippen LogP contribution in [0.3, 0.4) is 0 Å². The summed E-state index contributed by atoms with van der Waals surface area (Å²) in [7, 11) is 0. The summed E-state index contributed by atoms with van der Waals surface area (Å²) in [6.07, 6.45) is 4.20. The van der Waals surface area contributed by atoms with Gasteiger partial charge in [0, 0.05) is 19.4 Å². The number of aromatic nitrogens is 2. The number of carbonyl (C=O) groups excluding carboxylic acids is 1. The number of carbonyl (C=O) groups is 2. The Kier molecular flexibility index (Phi) is 7.60. The Morgan fingerprint density at radius 2 is 2.03 bits per heavy atom. The monoisotopic (exact) mass is 457 g/mol. The Morgan fingerprint density at radius 1 is 1.30 bits per heavy atom. The third-order valence-corrected chi connectivity index (χ3v) is 6.82. The number of hydrogen-bond acceptors (Lipinski definition) is 3. The van der Waals surface area contributed by atoms with Gasteiger partial charge in [0.2, 0.25) is 5.91 Å². The van der Waals surface area contributed by atoms with Gasteiger partial charge in [0.15, 0.2) is 0 Å². The molecular weight excluding hydrogens is 421 g/mol. The zero-order valence-corrected chi connectivity index (χ0v) is 20.2. The molecule has 33 heavy (non-hydrogen) atoms. The lowest BCUT2D eigenvalue weighted by Gasteiger charge is -2.37. The molecule has 3 N–H and O–H groups in total. The topological polar surface area (TPSA) is 95.1 Å². The number of allylic oxidation sites excluding steroid dienone is 1. The molecule has 1 aliphatic carbocycles. The predicted molar refractivity (Wildman–Crippen MR) is 127 cm³/mol. The highest BCUT2D eigenvalue weighted by Gasteiger charge is 2.33. The summed E-state index contributed by atoms with van der Waals surface area (Å²) in [5, 5.41) is 12.1. The largest absolute Gasteiger partial charge is 0.481 e. The maximum absolute atomic E-state index is 13.5. The molecule has 3 unspecified atom stereocenters. The number of aromatic amines is 1. The van der Waals surface area contributed by atoms with Gasteiger partial charge in [-0.3, -0.25) is 9.59 Å². The molecule has 0 spiro atoms. The van der Waals surface area contributed by atoms with E-state index >= 15 is 0 Å². The average molecular weight is 458 g/mol. The van der Waals surface area contributed by atoms with Crippen molar-refractivity contribution in [1.82, 2.24) is 15.3 Å². The van der Waals surface area contributed by atoms with Crippen molar-refractivity contribution < 1.29 is 19.1 Å². The Morgan fingerprint density at radius 3 is 2.70 bits per heavy atom. The molecule has 3 atom stereocenters. The number of rotatable bonds is 9. The van der Waals surface area contributed by atoms with Gasteiger partial charge in [-0.1, -0.05) is 39.3 Å². The highest BCUT2D eigenvalue weighted by Crippen LogP contribution is 2.38. The van der Waals surface area contributed by atoms with Gasteiger partial charge in [0.05, 0.1) is 17.5 Å². The number of benzene rings is 1. The fourth-order valence-corrected chi connectivity index (χ4v) is 5.07. The van der Waals surface area contributed by atoms with Crippen molar-refractivity contribution in [3.8, 4) is 0 Å². The summed E-state index contributed by atoms with van der Waals surface area (Å²) in [6.45, 7) is 10.7. The first-order chi connectivity index (χ1) is 15.4. The maximum Gasteiger partial charge on any atom is 0.303 e. The smallest absolute Gasteiger partial charge is 0.303 e. The van der Waals surface area contributed by atoms with Crippen LogP contribution in [0.5, 0.6) is 0 Å². The SMILES string of the molecule is CC1=CC(CNC(=O)CC(C)(C)CC(=O)O)C(C(C)C)CC1Cc1nc2ccc(F)cc2[nH]1. The fraction of sp³-hybridized carbons (Fsp3) is 0.577. The predicted octanol–water partition coefficient (Wildman–Crippen LogP) is 5.11. The van der Waals surface area contributed by atoms with E-state index in [1.54, 1.807) is 19.9 Å². The maximum atomic E-state index is 13.5. The van der Waals surface area contributed by atoms with E-state index < -0.39 is 11.4 Å². The molecule has 180 valence electrons. The standard InChI is InChI=1S/C26H36FN3O3/c1-15(2)20-9-17(10-23-29-21-7-6-19(27)11-22(21)30-23)16(3)8-18(20)14-28-24(31)12-26(4,5)13-25(32)33/h6-8,11,15,17-18,20H,9-10,12-14H2,1-5H3,(H,28,31)(H,29,30)(H,32,33). The minimum atomic E-state index is -0.890. The van der Waals surface area contributed by atoms with E-state index in [2.05, 4.69) is 42.1 Å². The number of carboxylic acids is 1. The fourth-order valence-electron chi connectivity index (χ4n) is 5.07. The van der Waals surface area contributed by atoms with E-state index in [0.29, 0.717) is 29.8 Å². The van der Waals surface area contributed by atoms with E-state index in [4.69, 9.17) is 5.11 Å². The average Bonchev–Trinajstić information content (AvgIpc) is 3.07. The molecule has 0 saturated carbocycles. The van der Waals surface area contributed by atoms with Gasteiger partial charge in [0.25, 0.3) is 0 Å². The number of H-pyrrole nitrogens is 1. The number of aliphatic carboxylic acids is 1. The Hall–Kier alpha value is -2.70. The summed E-state index contributed by atoms with van der Waals surface area (Å²) in [6, 6.07) is 4.60. The molecule has 0 aliphatic heterocycles. The molecule has 1 aliphatic rings. The first kappa shape index (κ1) is 24.9. The first-order valence-electron chi connectivity index (χ1n) is 11.7. The molecule has 2 aromatic rings. The molecule has 0 bridgehead atoms. The third kappa shape index (κ3) is 6.65. The number of hydrogen-bond donors (Lipinski definition) is 3. The molecule has 0 radical (unpaired) electrons. The minimum Gasteiger partial charge on any atom is -0.481 e. The number of fused-ring (bicyclic) bond motifs is 1. The molecular formula is C26H36FN3O3. The lowest BCUT2D eigenvalue weighted by molar-refractivity contribution is -0.139. The van der Waals surface area contributed by atoms with Crippen LogP contribution in [-0.2, 0) is 16.0 Å². The van der Waals surface area contributed by atoms with Crippen LogP contribution >= 0.6 is 0 Å². The molecule has 6 nitrogen and oxygen atoms in total. The molecule has 1 heterocycles. The van der Waals surface area contributed by atoms with Crippen LogP contribution in [0.25, 0.3) is 11.0 Å². The Balaban J connectivity index is 1.66. The van der Waals surface area contributed by atoms with Gasteiger partial charge in [-0.05, 0) is 60.6 Å². The molecule has 0 fully saturated rings. The number of amides is 1. The Labute approximate surface area is 195 Å². The normalized spacial score (nSPS) is 21.3. The van der Waals surface area contributed by atoms with Crippen LogP contribution in [0.1, 0.15) is 59.7 Å². The van der Waals surface area contributed by atoms with Crippen LogP contribution < -0.4 is 5.32 Å². The van der Waals surface area contributed by atoms with E-state index in [1.807, 2.05) is 0 Å². The van der Waals surface area contributed by atoms with Gasteiger partial charge in [-0.15, -0.1) is 0 Å². The Bertz CT molecular complexity index is 1040. The minimum absolute atomic E-state index is 0.0341. The number of nitrogens with one attached hydrogen (secondary N) is 2. The van der Waals surface area contributed by atoms with E-state index in [-0.39, 0.29) is 30.5 Å². The number of halogens is 1. The van der Waals surface area contributed by atoms with Gasteiger partial charge in [0.1, 0.15) is 11.6 Å². The summed E-state index contributed by atoms with van der Waals surface area (Å²) in [5.74, 6) is 1.03. The highest BCUT2D eigenvalue weighted by molar-refractivity contribution is 5.78. The molecule has 3 rings (SSSR count). The molecule has 7 heteroatoms. The number of imidazole rings is 1. The van der Waals surface area contributed by atoms with E-state index in [1.165, 1.54) is 17.7 Å². The van der Waals surface area contributed by atoms with Crippen LogP contribution in [0.2, 0.25) is 0 Å². The number of nitrogens with zero attached hydrogens (tertiary/aromatic N) is 1. The van der Waals surface area contributed by atoms with Crippen LogP contribution in [-0.4, -0.2) is 33.5 Å². The van der Waals surface area contributed by atoms with Crippen molar-refractivity contribution >= 4 is 22.9 Å². The number of carboxylic acid groups (broad SMARTS) is 1. The van der Waals surface area contributed by atoms with Crippen molar-refractivity contribution in [1.29, 1.82) is 0 Å². The molecule has 0 saturated heterocycles. The lowest BCUT2D eigenvalue weighted by atomic mass is 9.69. The summed E-state index contributed by atoms with van der Waals surface area (Å²) in [5.41, 5.74) is 2.20. The van der Waals surface area contributed by atoms with Crippen LogP contribution in [0.4, 0.5) is 4.39 Å². The van der Waals surface area contributed by atoms with Crippen molar-refractivity contribution in [3.05, 3.63) is 41.5 Å². The summed E-state index contributed by atoms with van der Waals surface area (Å²) < 4.78 is 13.5. The van der Waals surface area contributed by atoms with Crippen molar-refractivity contribution in [2.75, 3.05) is 6.54 Å². The molecule has 1 aromatic carbocycles. The third-order valence-electron chi connectivity index (χ3n) is 6.82. The quantitative estimate of drug-likeness (QED) is 0.456. The van der Waals surface area contributed by atoms with Gasteiger partial charge < -0.3 is 15.4 Å². The van der Waals surface area contributed by atoms with Gasteiger partial charge in [-0.25, -0.2) is 9.37 Å². The zero-order chi connectivity index (χ0) is 24.3. The van der Waals surface area contributed by atoms with E-state index in [0.717, 1.165) is 24.2 Å². The first-order valence-corrected chi connectivity index (χ1v) is 11.7. The molecule has 1 amide bonds. The van der Waals surface area contributed by atoms with Crippen molar-refractivity contribution in [2.24, 2.45) is 29.1 Å². The lowest BCUT2D eigenvalue weighted by Crippen LogP contribution is -2.38.